The van der Waals surface area contributed by atoms with Crippen LogP contribution >= 0.6 is 23.2 Å². The topological polar surface area (TPSA) is 88.4 Å². The van der Waals surface area contributed by atoms with Crippen molar-refractivity contribution in [2.45, 2.75) is 19.8 Å². The molecule has 0 aliphatic carbocycles. The fourth-order valence-corrected chi connectivity index (χ4v) is 3.47. The van der Waals surface area contributed by atoms with Gasteiger partial charge in [-0.3, -0.25) is 14.8 Å². The Kier molecular flexibility index (Phi) is 5.84. The Morgan fingerprint density at radius 1 is 1.07 bits per heavy atom. The number of carbonyl (C=O) groups is 2. The maximum atomic E-state index is 12.7. The van der Waals surface area contributed by atoms with Crippen molar-refractivity contribution in [3.05, 3.63) is 79.6 Å². The predicted octanol–water partition coefficient (Wildman–Crippen LogP) is 3.92. The van der Waals surface area contributed by atoms with Crippen LogP contribution in [0.3, 0.4) is 0 Å². The number of hydrogen-bond acceptors (Lipinski definition) is 4. The van der Waals surface area contributed by atoms with E-state index in [-0.39, 0.29) is 24.2 Å². The minimum atomic E-state index is -0.960. The maximum absolute atomic E-state index is 12.7. The summed E-state index contributed by atoms with van der Waals surface area (Å²) in [7, 11) is 0. The Morgan fingerprint density at radius 2 is 1.79 bits per heavy atom. The molecule has 3 aromatic rings. The van der Waals surface area contributed by atoms with Gasteiger partial charge in [0.15, 0.2) is 0 Å². The first-order valence-corrected chi connectivity index (χ1v) is 9.12. The molecule has 8 heteroatoms. The normalized spacial score (nSPS) is 10.9. The number of pyridine rings is 1. The molecular weight excluding hydrogens is 403 g/mol. The van der Waals surface area contributed by atoms with E-state index in [0.29, 0.717) is 32.1 Å². The van der Waals surface area contributed by atoms with Crippen LogP contribution in [0.1, 0.15) is 16.7 Å². The Bertz CT molecular complexity index is 1150. The summed E-state index contributed by atoms with van der Waals surface area (Å²) in [5.74, 6) is -0.115. The predicted molar refractivity (Wildman–Crippen MR) is 108 cm³/mol. The molecule has 0 unspecified atom stereocenters. The summed E-state index contributed by atoms with van der Waals surface area (Å²) in [5.41, 5.74) is 2.72. The van der Waals surface area contributed by atoms with Crippen molar-refractivity contribution in [2.24, 2.45) is 0 Å². The second-order valence-corrected chi connectivity index (χ2v) is 7.13. The average molecular weight is 419 g/mol. The third-order valence-electron chi connectivity index (χ3n) is 4.50. The highest BCUT2D eigenvalue weighted by atomic mass is 35.5. The number of Topliss-reactive ketones (excluding diaryl/α,β-unsaturated/α-hetero) is 1. The highest BCUT2D eigenvalue weighted by Crippen LogP contribution is 2.24. The van der Waals surface area contributed by atoms with Gasteiger partial charge in [-0.1, -0.05) is 47.5 Å². The summed E-state index contributed by atoms with van der Waals surface area (Å²) in [4.78, 5) is 37.3. The van der Waals surface area contributed by atoms with Crippen molar-refractivity contribution < 1.29 is 14.8 Å². The van der Waals surface area contributed by atoms with E-state index in [0.717, 1.165) is 4.57 Å². The van der Waals surface area contributed by atoms with E-state index in [4.69, 9.17) is 28.4 Å². The van der Waals surface area contributed by atoms with Crippen LogP contribution in [0, 0.1) is 6.92 Å². The van der Waals surface area contributed by atoms with Crippen molar-refractivity contribution in [2.75, 3.05) is 0 Å². The van der Waals surface area contributed by atoms with Crippen molar-refractivity contribution in [3.8, 4) is 0 Å². The van der Waals surface area contributed by atoms with E-state index in [1.807, 2.05) is 0 Å². The van der Waals surface area contributed by atoms with E-state index in [1.54, 1.807) is 49.4 Å². The van der Waals surface area contributed by atoms with Crippen LogP contribution in [-0.2, 0) is 17.6 Å². The van der Waals surface area contributed by atoms with E-state index in [2.05, 4.69) is 0 Å². The van der Waals surface area contributed by atoms with Gasteiger partial charge in [0.1, 0.15) is 5.78 Å². The molecule has 0 saturated carbocycles. The summed E-state index contributed by atoms with van der Waals surface area (Å²) in [6.45, 7) is 1.55. The zero-order valence-electron chi connectivity index (χ0n) is 14.8. The standard InChI is InChI=1S/C20H16Cl2N2O4/c1-11-15(10-13(25)8-12-6-7-16(21)17(22)9-12)14-4-2-3-5-18(14)24(19(11)26)20(27)23-28/h2-7,9,28H,8,10H2,1H3,(H,23,27). The average Bonchev–Trinajstić information content (AvgIpc) is 2.68. The van der Waals surface area contributed by atoms with Crippen LogP contribution in [0.2, 0.25) is 10.0 Å². The number of fused-ring (bicyclic) bond motifs is 1. The van der Waals surface area contributed by atoms with Gasteiger partial charge in [0, 0.05) is 23.8 Å². The molecule has 0 saturated heterocycles. The largest absolute Gasteiger partial charge is 0.352 e. The summed E-state index contributed by atoms with van der Waals surface area (Å²) in [5, 5.41) is 10.3. The van der Waals surface area contributed by atoms with Gasteiger partial charge in [0.05, 0.1) is 15.6 Å². The molecule has 1 amide bonds. The molecule has 0 atom stereocenters. The number of benzene rings is 2. The fraction of sp³-hybridized carbons (Fsp3) is 0.150. The minimum absolute atomic E-state index is 0.0173. The van der Waals surface area contributed by atoms with Crippen LogP contribution in [0.4, 0.5) is 4.79 Å². The lowest BCUT2D eigenvalue weighted by Gasteiger charge is -2.14. The molecule has 1 heterocycles. The molecule has 28 heavy (non-hydrogen) atoms. The molecule has 0 bridgehead atoms. The summed E-state index contributed by atoms with van der Waals surface area (Å²) in [6, 6.07) is 10.7. The third-order valence-corrected chi connectivity index (χ3v) is 5.24. The lowest BCUT2D eigenvalue weighted by atomic mass is 9.96. The van der Waals surface area contributed by atoms with Gasteiger partial charge >= 0.3 is 6.03 Å². The molecule has 144 valence electrons. The molecule has 0 aliphatic heterocycles. The van der Waals surface area contributed by atoms with Gasteiger partial charge in [0.25, 0.3) is 5.56 Å². The molecule has 1 aromatic heterocycles. The number of para-hydroxylation sites is 1. The highest BCUT2D eigenvalue weighted by Gasteiger charge is 2.19. The van der Waals surface area contributed by atoms with Crippen LogP contribution in [0.15, 0.2) is 47.3 Å². The number of rotatable bonds is 4. The monoisotopic (exact) mass is 418 g/mol. The molecule has 0 aliphatic rings. The third kappa shape index (κ3) is 3.80. The zero-order valence-corrected chi connectivity index (χ0v) is 16.3. The number of hydrogen-bond donors (Lipinski definition) is 2. The summed E-state index contributed by atoms with van der Waals surface area (Å²) >= 11 is 11.9. The molecule has 3 rings (SSSR count). The molecular formula is C20H16Cl2N2O4. The van der Waals surface area contributed by atoms with Crippen molar-refractivity contribution in [1.29, 1.82) is 0 Å². The van der Waals surface area contributed by atoms with Crippen LogP contribution < -0.4 is 11.0 Å². The first-order valence-electron chi connectivity index (χ1n) is 8.36. The molecule has 0 fully saturated rings. The minimum Gasteiger partial charge on any atom is -0.299 e. The Labute approximate surface area is 170 Å². The second kappa shape index (κ2) is 8.14. The number of halogens is 2. The molecule has 2 aromatic carbocycles. The van der Waals surface area contributed by atoms with Gasteiger partial charge < -0.3 is 0 Å². The quantitative estimate of drug-likeness (QED) is 0.496. The summed E-state index contributed by atoms with van der Waals surface area (Å²) in [6.07, 6.45) is 0.147. The summed E-state index contributed by atoms with van der Waals surface area (Å²) < 4.78 is 0.845. The van der Waals surface area contributed by atoms with Crippen molar-refractivity contribution in [1.82, 2.24) is 10.0 Å². The number of nitrogens with zero attached hydrogens (tertiary/aromatic N) is 1. The van der Waals surface area contributed by atoms with Gasteiger partial charge in [0.2, 0.25) is 0 Å². The smallest absolute Gasteiger partial charge is 0.299 e. The van der Waals surface area contributed by atoms with E-state index >= 15 is 0 Å². The van der Waals surface area contributed by atoms with Gasteiger partial charge in [-0.15, -0.1) is 0 Å². The molecule has 6 nitrogen and oxygen atoms in total. The van der Waals surface area contributed by atoms with Crippen LogP contribution in [0.5, 0.6) is 0 Å². The van der Waals surface area contributed by atoms with E-state index < -0.39 is 11.6 Å². The SMILES string of the molecule is Cc1c(CC(=O)Cc2ccc(Cl)c(Cl)c2)c2ccccc2n(C(=O)NO)c1=O. The first-order chi connectivity index (χ1) is 13.3. The van der Waals surface area contributed by atoms with E-state index in [1.165, 1.54) is 5.48 Å². The van der Waals surface area contributed by atoms with Crippen LogP contribution in [0.25, 0.3) is 10.9 Å². The Balaban J connectivity index is 2.02. The first kappa shape index (κ1) is 20.1. The van der Waals surface area contributed by atoms with Gasteiger partial charge in [-0.05, 0) is 36.2 Å². The maximum Gasteiger partial charge on any atom is 0.352 e. The lowest BCUT2D eigenvalue weighted by Crippen LogP contribution is -2.36. The highest BCUT2D eigenvalue weighted by molar-refractivity contribution is 6.42. The second-order valence-electron chi connectivity index (χ2n) is 6.32. The zero-order chi connectivity index (χ0) is 20.4. The van der Waals surface area contributed by atoms with Crippen molar-refractivity contribution in [3.63, 3.8) is 0 Å². The lowest BCUT2D eigenvalue weighted by molar-refractivity contribution is -0.117. The molecule has 0 spiro atoms. The Hall–Kier alpha value is -2.67. The van der Waals surface area contributed by atoms with Crippen LogP contribution in [-0.4, -0.2) is 21.6 Å². The number of amides is 1. The number of ketones is 1. The molecule has 0 radical (unpaired) electrons. The number of carbonyl (C=O) groups excluding carboxylic acids is 2. The van der Waals surface area contributed by atoms with E-state index in [9.17, 15) is 14.4 Å². The van der Waals surface area contributed by atoms with Crippen molar-refractivity contribution >= 4 is 45.9 Å². The molecule has 2 N–H and O–H groups in total. The van der Waals surface area contributed by atoms with Gasteiger partial charge in [-0.25, -0.2) is 14.8 Å². The number of nitrogens with one attached hydrogen (secondary N) is 1. The number of aromatic nitrogens is 1. The Morgan fingerprint density at radius 3 is 2.46 bits per heavy atom. The van der Waals surface area contributed by atoms with Gasteiger partial charge in [-0.2, -0.15) is 0 Å². The fourth-order valence-electron chi connectivity index (χ4n) is 3.15. The number of hydroxylamine groups is 1.